The molecule has 0 saturated carbocycles. The van der Waals surface area contributed by atoms with E-state index in [2.05, 4.69) is 15.3 Å². The largest absolute Gasteiger partial charge is 0.419 e. The molecule has 1 aliphatic heterocycles. The number of nitrogens with two attached hydrogens (primary N) is 1. The highest BCUT2D eigenvalue weighted by atomic mass is 19.4. The first-order valence-corrected chi connectivity index (χ1v) is 10.0. The van der Waals surface area contributed by atoms with Crippen molar-refractivity contribution in [3.63, 3.8) is 0 Å². The quantitative estimate of drug-likeness (QED) is 0.642. The van der Waals surface area contributed by atoms with Crippen molar-refractivity contribution in [3.8, 4) is 11.1 Å². The van der Waals surface area contributed by atoms with E-state index in [1.54, 1.807) is 33.8 Å². The molecule has 1 aliphatic rings. The van der Waals surface area contributed by atoms with E-state index < -0.39 is 23.6 Å². The number of nitrogens with one attached hydrogen (secondary N) is 1. The van der Waals surface area contributed by atoms with Crippen LogP contribution in [0.4, 0.5) is 24.8 Å². The van der Waals surface area contributed by atoms with Gasteiger partial charge in [0.05, 0.1) is 11.8 Å². The number of hydrogen-bond donors (Lipinski definition) is 2. The summed E-state index contributed by atoms with van der Waals surface area (Å²) in [5.41, 5.74) is 5.58. The molecule has 0 unspecified atom stereocenters. The maximum absolute atomic E-state index is 13.2. The van der Waals surface area contributed by atoms with Crippen molar-refractivity contribution < 1.29 is 22.8 Å². The predicted molar refractivity (Wildman–Crippen MR) is 111 cm³/mol. The Morgan fingerprint density at radius 2 is 1.97 bits per heavy atom. The number of imidazole rings is 1. The van der Waals surface area contributed by atoms with Crippen LogP contribution < -0.4 is 11.1 Å². The molecular formula is C21H21F3N6O2. The van der Waals surface area contributed by atoms with Crippen LogP contribution in [-0.2, 0) is 15.8 Å². The number of hydrogen-bond acceptors (Lipinski definition) is 5. The van der Waals surface area contributed by atoms with Gasteiger partial charge in [0.2, 0.25) is 11.8 Å². The van der Waals surface area contributed by atoms with Gasteiger partial charge in [-0.1, -0.05) is 0 Å². The Morgan fingerprint density at radius 1 is 1.19 bits per heavy atom. The van der Waals surface area contributed by atoms with Gasteiger partial charge in [-0.05, 0) is 37.5 Å². The molecule has 1 saturated heterocycles. The fourth-order valence-electron chi connectivity index (χ4n) is 3.87. The van der Waals surface area contributed by atoms with Gasteiger partial charge in [-0.2, -0.15) is 13.2 Å². The molecule has 11 heteroatoms. The van der Waals surface area contributed by atoms with E-state index in [9.17, 15) is 22.8 Å². The number of amides is 2. The van der Waals surface area contributed by atoms with Gasteiger partial charge in [0.1, 0.15) is 17.5 Å². The Labute approximate surface area is 181 Å². The van der Waals surface area contributed by atoms with Crippen LogP contribution in [-0.4, -0.2) is 43.7 Å². The lowest BCUT2D eigenvalue weighted by Gasteiger charge is -2.33. The number of anilines is 2. The minimum Gasteiger partial charge on any atom is -0.383 e. The molecule has 3 aromatic rings. The van der Waals surface area contributed by atoms with Crippen molar-refractivity contribution in [2.45, 2.75) is 38.4 Å². The number of likely N-dealkylation sites (tertiary alicyclic amines) is 1. The summed E-state index contributed by atoms with van der Waals surface area (Å²) in [6.07, 6.45) is 2.10. The van der Waals surface area contributed by atoms with Crippen LogP contribution in [0.25, 0.3) is 16.8 Å². The van der Waals surface area contributed by atoms with E-state index >= 15 is 0 Å². The van der Waals surface area contributed by atoms with Crippen LogP contribution in [0.1, 0.15) is 31.7 Å². The first kappa shape index (κ1) is 21.6. The van der Waals surface area contributed by atoms with Crippen LogP contribution in [0, 0.1) is 0 Å². The average molecular weight is 446 g/mol. The predicted octanol–water partition coefficient (Wildman–Crippen LogP) is 3.34. The normalized spacial score (nSPS) is 16.9. The van der Waals surface area contributed by atoms with Crippen molar-refractivity contribution in [1.29, 1.82) is 0 Å². The monoisotopic (exact) mass is 446 g/mol. The number of aromatic nitrogens is 3. The molecule has 8 nitrogen and oxygen atoms in total. The Morgan fingerprint density at radius 3 is 2.69 bits per heavy atom. The van der Waals surface area contributed by atoms with E-state index in [4.69, 9.17) is 5.73 Å². The van der Waals surface area contributed by atoms with Crippen LogP contribution >= 0.6 is 0 Å². The zero-order valence-corrected chi connectivity index (χ0v) is 17.2. The summed E-state index contributed by atoms with van der Waals surface area (Å²) in [5, 5.41) is 2.74. The van der Waals surface area contributed by atoms with Crippen molar-refractivity contribution in [2.24, 2.45) is 0 Å². The number of pyridine rings is 2. The second-order valence-electron chi connectivity index (χ2n) is 7.68. The number of nitrogen functional groups attached to an aromatic ring is 1. The van der Waals surface area contributed by atoms with Crippen molar-refractivity contribution in [3.05, 3.63) is 42.4 Å². The summed E-state index contributed by atoms with van der Waals surface area (Å²) in [4.78, 5) is 34.1. The molecule has 3 N–H and O–H groups in total. The highest BCUT2D eigenvalue weighted by Gasteiger charge is 2.34. The Bertz CT molecular complexity index is 1190. The Kier molecular flexibility index (Phi) is 5.49. The molecule has 1 atom stereocenters. The van der Waals surface area contributed by atoms with Gasteiger partial charge in [0.25, 0.3) is 0 Å². The zero-order chi connectivity index (χ0) is 23.0. The minimum absolute atomic E-state index is 0.153. The fourth-order valence-corrected chi connectivity index (χ4v) is 3.87. The number of fused-ring (bicyclic) bond motifs is 1. The highest BCUT2D eigenvalue weighted by Crippen LogP contribution is 2.35. The molecule has 168 valence electrons. The number of carbonyl (C=O) groups is 2. The molecule has 1 fully saturated rings. The maximum Gasteiger partial charge on any atom is 0.419 e. The smallest absolute Gasteiger partial charge is 0.383 e. The molecule has 0 radical (unpaired) electrons. The Balaban J connectivity index is 1.59. The maximum atomic E-state index is 13.2. The van der Waals surface area contributed by atoms with Crippen LogP contribution in [0.5, 0.6) is 0 Å². The van der Waals surface area contributed by atoms with Crippen molar-refractivity contribution >= 4 is 29.1 Å². The molecular weight excluding hydrogens is 425 g/mol. The summed E-state index contributed by atoms with van der Waals surface area (Å²) in [6, 6.07) is 3.63. The Hall–Kier alpha value is -3.63. The van der Waals surface area contributed by atoms with Gasteiger partial charge in [-0.3, -0.25) is 9.59 Å². The second-order valence-corrected chi connectivity index (χ2v) is 7.68. The molecule has 2 amide bonds. The van der Waals surface area contributed by atoms with E-state index in [-0.39, 0.29) is 23.2 Å². The zero-order valence-electron chi connectivity index (χ0n) is 17.2. The second kappa shape index (κ2) is 8.13. The van der Waals surface area contributed by atoms with Gasteiger partial charge < -0.3 is 20.4 Å². The molecule has 0 spiro atoms. The number of piperidine rings is 1. The van der Waals surface area contributed by atoms with Crippen LogP contribution in [0.3, 0.4) is 0 Å². The lowest BCUT2D eigenvalue weighted by molar-refractivity contribution is -0.138. The standard InChI is InChI=1S/C21H21F3N6O2/c1-12(31)30-7-3-2-4-16(30)20(32)28-17-11-29-10-13(5-6-18(29)27-17)14-8-15(21(22,23)24)19(25)26-9-14/h5-6,8-11,16H,2-4,7H2,1H3,(H2,25,26)(H,28,32)/t16-/m0/s1. The van der Waals surface area contributed by atoms with Crippen molar-refractivity contribution in [2.75, 3.05) is 17.6 Å². The summed E-state index contributed by atoms with van der Waals surface area (Å²) in [5.74, 6) is -0.772. The van der Waals surface area contributed by atoms with E-state index in [1.165, 1.54) is 13.1 Å². The molecule has 3 aromatic heterocycles. The summed E-state index contributed by atoms with van der Waals surface area (Å²) in [7, 11) is 0. The summed E-state index contributed by atoms with van der Waals surface area (Å²) >= 11 is 0. The number of halogens is 3. The van der Waals surface area contributed by atoms with E-state index in [0.29, 0.717) is 24.2 Å². The first-order chi connectivity index (χ1) is 15.1. The fraction of sp³-hybridized carbons (Fsp3) is 0.333. The summed E-state index contributed by atoms with van der Waals surface area (Å²) in [6.45, 7) is 1.98. The third kappa shape index (κ3) is 4.23. The number of alkyl halides is 3. The van der Waals surface area contributed by atoms with Gasteiger partial charge in [0, 0.05) is 37.0 Å². The molecule has 0 aliphatic carbocycles. The van der Waals surface area contributed by atoms with Crippen molar-refractivity contribution in [1.82, 2.24) is 19.3 Å². The summed E-state index contributed by atoms with van der Waals surface area (Å²) < 4.78 is 41.1. The number of nitrogens with zero attached hydrogens (tertiary/aromatic N) is 4. The van der Waals surface area contributed by atoms with Gasteiger partial charge in [-0.15, -0.1) is 0 Å². The molecule has 0 aromatic carbocycles. The van der Waals surface area contributed by atoms with Gasteiger partial charge in [-0.25, -0.2) is 9.97 Å². The molecule has 32 heavy (non-hydrogen) atoms. The highest BCUT2D eigenvalue weighted by molar-refractivity contribution is 5.96. The minimum atomic E-state index is -4.61. The molecule has 4 rings (SSSR count). The SMILES string of the molecule is CC(=O)N1CCCC[C@H]1C(=O)Nc1cn2cc(-c3cnc(N)c(C(F)(F)F)c3)ccc2n1. The number of rotatable bonds is 3. The molecule has 0 bridgehead atoms. The lowest BCUT2D eigenvalue weighted by Crippen LogP contribution is -2.49. The lowest BCUT2D eigenvalue weighted by atomic mass is 10.0. The van der Waals surface area contributed by atoms with E-state index in [1.807, 2.05) is 0 Å². The van der Waals surface area contributed by atoms with Gasteiger partial charge >= 0.3 is 6.18 Å². The molecule has 4 heterocycles. The third-order valence-corrected chi connectivity index (χ3v) is 5.47. The van der Waals surface area contributed by atoms with E-state index in [0.717, 1.165) is 18.9 Å². The van der Waals surface area contributed by atoms with Crippen LogP contribution in [0.2, 0.25) is 0 Å². The van der Waals surface area contributed by atoms with Crippen LogP contribution in [0.15, 0.2) is 36.8 Å². The topological polar surface area (TPSA) is 106 Å². The number of carbonyl (C=O) groups excluding carboxylic acids is 2. The van der Waals surface area contributed by atoms with Gasteiger partial charge in [0.15, 0.2) is 5.82 Å². The first-order valence-electron chi connectivity index (χ1n) is 10.0. The third-order valence-electron chi connectivity index (χ3n) is 5.47. The average Bonchev–Trinajstić information content (AvgIpc) is 3.14.